The third kappa shape index (κ3) is 1.65. The van der Waals surface area contributed by atoms with Crippen LogP contribution in [0, 0.1) is 17.5 Å². The van der Waals surface area contributed by atoms with Crippen molar-refractivity contribution in [1.29, 1.82) is 0 Å². The number of hydrogen-bond donors (Lipinski definition) is 1. The van der Waals surface area contributed by atoms with Crippen molar-refractivity contribution in [1.82, 2.24) is 5.16 Å². The molecule has 0 bridgehead atoms. The van der Waals surface area contributed by atoms with Crippen LogP contribution >= 0.6 is 0 Å². The molecule has 0 amide bonds. The maximum atomic E-state index is 12.8. The quantitative estimate of drug-likeness (QED) is 0.741. The highest BCUT2D eigenvalue weighted by Gasteiger charge is 2.13. The Morgan fingerprint density at radius 2 is 1.67 bits per heavy atom. The first-order chi connectivity index (χ1) is 7.08. The van der Waals surface area contributed by atoms with E-state index in [1.165, 1.54) is 6.07 Å². The second kappa shape index (κ2) is 3.30. The minimum Gasteiger partial charge on any atom is -0.368 e. The van der Waals surface area contributed by atoms with Gasteiger partial charge in [0.15, 0.2) is 17.5 Å². The zero-order valence-corrected chi connectivity index (χ0v) is 7.30. The van der Waals surface area contributed by atoms with Crippen molar-refractivity contribution < 1.29 is 17.7 Å². The van der Waals surface area contributed by atoms with Gasteiger partial charge in [-0.3, -0.25) is 0 Å². The number of nitrogens with two attached hydrogens (primary N) is 1. The van der Waals surface area contributed by atoms with E-state index in [0.29, 0.717) is 0 Å². The minimum absolute atomic E-state index is 0.00939. The molecule has 1 heterocycles. The molecule has 0 radical (unpaired) electrons. The zero-order chi connectivity index (χ0) is 11.0. The first-order valence-corrected chi connectivity index (χ1v) is 3.95. The Balaban J connectivity index is 2.55. The van der Waals surface area contributed by atoms with Crippen LogP contribution in [0.3, 0.4) is 0 Å². The first-order valence-electron chi connectivity index (χ1n) is 3.95. The summed E-state index contributed by atoms with van der Waals surface area (Å²) in [6.45, 7) is 0. The van der Waals surface area contributed by atoms with Gasteiger partial charge in [-0.15, -0.1) is 0 Å². The van der Waals surface area contributed by atoms with Crippen molar-refractivity contribution in [2.24, 2.45) is 0 Å². The Hall–Kier alpha value is -1.98. The van der Waals surface area contributed by atoms with Gasteiger partial charge in [0.2, 0.25) is 5.88 Å². The van der Waals surface area contributed by atoms with E-state index in [1.54, 1.807) is 0 Å². The Morgan fingerprint density at radius 3 is 2.13 bits per heavy atom. The highest BCUT2D eigenvalue weighted by molar-refractivity contribution is 5.61. The normalized spacial score (nSPS) is 10.6. The zero-order valence-electron chi connectivity index (χ0n) is 7.30. The van der Waals surface area contributed by atoms with Crippen LogP contribution in [0.25, 0.3) is 11.3 Å². The van der Waals surface area contributed by atoms with Crippen molar-refractivity contribution in [3.63, 3.8) is 0 Å². The molecule has 1 aromatic heterocycles. The van der Waals surface area contributed by atoms with Crippen molar-refractivity contribution in [3.05, 3.63) is 35.7 Å². The van der Waals surface area contributed by atoms with Gasteiger partial charge in [0, 0.05) is 11.6 Å². The number of anilines is 1. The average Bonchev–Trinajstić information content (AvgIpc) is 2.60. The molecule has 0 fully saturated rings. The van der Waals surface area contributed by atoms with E-state index in [-0.39, 0.29) is 17.1 Å². The van der Waals surface area contributed by atoms with Crippen LogP contribution in [-0.2, 0) is 0 Å². The third-order valence-corrected chi connectivity index (χ3v) is 1.81. The number of halogens is 3. The van der Waals surface area contributed by atoms with Gasteiger partial charge >= 0.3 is 0 Å². The van der Waals surface area contributed by atoms with Crippen LogP contribution in [0.2, 0.25) is 0 Å². The number of rotatable bonds is 1. The molecule has 0 atom stereocenters. The van der Waals surface area contributed by atoms with Gasteiger partial charge in [-0.1, -0.05) is 5.16 Å². The van der Waals surface area contributed by atoms with Gasteiger partial charge in [-0.25, -0.2) is 13.2 Å². The molecule has 78 valence electrons. The molecule has 0 spiro atoms. The smallest absolute Gasteiger partial charge is 0.222 e. The number of nitrogens with zero attached hydrogens (tertiary/aromatic N) is 1. The fourth-order valence-corrected chi connectivity index (χ4v) is 1.13. The average molecular weight is 214 g/mol. The van der Waals surface area contributed by atoms with Gasteiger partial charge in [0.25, 0.3) is 0 Å². The van der Waals surface area contributed by atoms with Gasteiger partial charge in [-0.2, -0.15) is 0 Å². The summed E-state index contributed by atoms with van der Waals surface area (Å²) in [6.07, 6.45) is 0. The molecule has 3 nitrogen and oxygen atoms in total. The summed E-state index contributed by atoms with van der Waals surface area (Å²) < 4.78 is 42.8. The molecule has 0 aliphatic carbocycles. The van der Waals surface area contributed by atoms with E-state index in [1.807, 2.05) is 0 Å². The summed E-state index contributed by atoms with van der Waals surface area (Å²) in [5.74, 6) is -4.08. The molecule has 0 aliphatic rings. The highest BCUT2D eigenvalue weighted by Crippen LogP contribution is 2.23. The van der Waals surface area contributed by atoms with Crippen molar-refractivity contribution >= 4 is 5.88 Å². The van der Waals surface area contributed by atoms with Crippen molar-refractivity contribution in [2.75, 3.05) is 5.73 Å². The van der Waals surface area contributed by atoms with E-state index in [0.717, 1.165) is 12.1 Å². The van der Waals surface area contributed by atoms with E-state index in [9.17, 15) is 13.2 Å². The highest BCUT2D eigenvalue weighted by atomic mass is 19.2. The molecule has 1 aromatic carbocycles. The predicted octanol–water partition coefficient (Wildman–Crippen LogP) is 2.34. The number of nitrogen functional groups attached to an aromatic ring is 1. The predicted molar refractivity (Wildman–Crippen MR) is 46.2 cm³/mol. The Labute approximate surface area is 82.3 Å². The molecule has 15 heavy (non-hydrogen) atoms. The SMILES string of the molecule is Nc1cc(-c2cc(F)c(F)c(F)c2)no1. The number of aromatic nitrogens is 1. The van der Waals surface area contributed by atoms with Gasteiger partial charge in [0.05, 0.1) is 0 Å². The summed E-state index contributed by atoms with van der Waals surface area (Å²) in [5, 5.41) is 3.44. The lowest BCUT2D eigenvalue weighted by molar-refractivity contribution is 0.437. The van der Waals surface area contributed by atoms with Crippen LogP contribution in [0.5, 0.6) is 0 Å². The summed E-state index contributed by atoms with van der Waals surface area (Å²) in [6, 6.07) is 2.91. The summed E-state index contributed by atoms with van der Waals surface area (Å²) in [4.78, 5) is 0. The molecule has 2 aromatic rings. The molecule has 0 saturated heterocycles. The second-order valence-electron chi connectivity index (χ2n) is 2.87. The molecule has 0 aliphatic heterocycles. The van der Waals surface area contributed by atoms with Crippen LogP contribution in [-0.4, -0.2) is 5.16 Å². The lowest BCUT2D eigenvalue weighted by Gasteiger charge is -1.98. The Kier molecular flexibility index (Phi) is 2.11. The van der Waals surface area contributed by atoms with E-state index < -0.39 is 17.5 Å². The lowest BCUT2D eigenvalue weighted by Crippen LogP contribution is -1.91. The Bertz CT molecular complexity index is 487. The Morgan fingerprint density at radius 1 is 1.07 bits per heavy atom. The van der Waals surface area contributed by atoms with Crippen LogP contribution < -0.4 is 5.73 Å². The molecular weight excluding hydrogens is 209 g/mol. The topological polar surface area (TPSA) is 52.0 Å². The largest absolute Gasteiger partial charge is 0.368 e. The summed E-state index contributed by atoms with van der Waals surface area (Å²) in [7, 11) is 0. The van der Waals surface area contributed by atoms with Crippen molar-refractivity contribution in [3.8, 4) is 11.3 Å². The molecular formula is C9H5F3N2O. The van der Waals surface area contributed by atoms with Gasteiger partial charge < -0.3 is 10.3 Å². The standard InChI is InChI=1S/C9H5F3N2O/c10-5-1-4(2-6(11)9(5)12)7-3-8(13)15-14-7/h1-3H,13H2. The monoisotopic (exact) mass is 214 g/mol. The van der Waals surface area contributed by atoms with Crippen molar-refractivity contribution in [2.45, 2.75) is 0 Å². The van der Waals surface area contributed by atoms with E-state index in [2.05, 4.69) is 9.68 Å². The van der Waals surface area contributed by atoms with Crippen LogP contribution in [0.15, 0.2) is 22.7 Å². The molecule has 0 unspecified atom stereocenters. The fraction of sp³-hybridized carbons (Fsp3) is 0. The van der Waals surface area contributed by atoms with Crippen LogP contribution in [0.4, 0.5) is 19.1 Å². The van der Waals surface area contributed by atoms with Gasteiger partial charge in [-0.05, 0) is 12.1 Å². The number of benzene rings is 1. The number of hydrogen-bond acceptors (Lipinski definition) is 3. The van der Waals surface area contributed by atoms with E-state index in [4.69, 9.17) is 5.73 Å². The second-order valence-corrected chi connectivity index (χ2v) is 2.87. The van der Waals surface area contributed by atoms with Crippen LogP contribution in [0.1, 0.15) is 0 Å². The molecule has 0 saturated carbocycles. The third-order valence-electron chi connectivity index (χ3n) is 1.81. The minimum atomic E-state index is -1.52. The molecule has 2 rings (SSSR count). The van der Waals surface area contributed by atoms with E-state index >= 15 is 0 Å². The summed E-state index contributed by atoms with van der Waals surface area (Å²) in [5.41, 5.74) is 5.44. The maximum absolute atomic E-state index is 12.8. The summed E-state index contributed by atoms with van der Waals surface area (Å²) >= 11 is 0. The molecule has 2 N–H and O–H groups in total. The fourth-order valence-electron chi connectivity index (χ4n) is 1.13. The van der Waals surface area contributed by atoms with Gasteiger partial charge in [0.1, 0.15) is 5.69 Å². The molecule has 6 heteroatoms. The lowest BCUT2D eigenvalue weighted by atomic mass is 10.1. The maximum Gasteiger partial charge on any atom is 0.222 e. The first kappa shape index (κ1) is 9.57.